The van der Waals surface area contributed by atoms with Gasteiger partial charge in [0.2, 0.25) is 0 Å². The van der Waals surface area contributed by atoms with Crippen LogP contribution >= 0.6 is 27.3 Å². The van der Waals surface area contributed by atoms with Crippen LogP contribution in [0.5, 0.6) is 5.75 Å². The Morgan fingerprint density at radius 2 is 2.06 bits per heavy atom. The molecule has 1 aromatic carbocycles. The highest BCUT2D eigenvalue weighted by Crippen LogP contribution is 2.31. The molecule has 0 atom stereocenters. The number of aryl methyl sites for hydroxylation is 1. The number of thiophene rings is 1. The Bertz CT molecular complexity index is 679. The third-order valence-corrected chi connectivity index (χ3v) is 5.42. The molecular weight excluding hydrogens is 338 g/mol. The van der Waals surface area contributed by atoms with Crippen molar-refractivity contribution in [2.45, 2.75) is 11.8 Å². The number of rotatable bonds is 3. The van der Waals surface area contributed by atoms with E-state index in [0.717, 1.165) is 3.79 Å². The van der Waals surface area contributed by atoms with Crippen molar-refractivity contribution >= 4 is 43.0 Å². The Hall–Kier alpha value is -1.05. The molecule has 7 heteroatoms. The number of phenols is 1. The Kier molecular flexibility index (Phi) is 3.65. The first-order valence-electron chi connectivity index (χ1n) is 4.96. The molecule has 0 spiro atoms. The molecule has 1 aromatic heterocycles. The number of phenolic OH excluding ortho intramolecular Hbond substituents is 1. The van der Waals surface area contributed by atoms with Crippen LogP contribution in [0.15, 0.2) is 39.0 Å². The van der Waals surface area contributed by atoms with E-state index in [-0.39, 0.29) is 10.6 Å². The van der Waals surface area contributed by atoms with Crippen LogP contribution in [-0.4, -0.2) is 13.5 Å². The lowest BCUT2D eigenvalue weighted by molar-refractivity contribution is 0.475. The SMILES string of the molecule is Cc1sc(Br)cc1S(=O)(=O)Nc1cccc(O)c1. The van der Waals surface area contributed by atoms with Crippen LogP contribution in [0.25, 0.3) is 0 Å². The van der Waals surface area contributed by atoms with Crippen molar-refractivity contribution in [1.29, 1.82) is 0 Å². The van der Waals surface area contributed by atoms with E-state index in [2.05, 4.69) is 20.7 Å². The van der Waals surface area contributed by atoms with Crippen molar-refractivity contribution in [2.24, 2.45) is 0 Å². The third kappa shape index (κ3) is 2.85. The molecule has 0 fully saturated rings. The summed E-state index contributed by atoms with van der Waals surface area (Å²) in [5, 5.41) is 9.30. The monoisotopic (exact) mass is 347 g/mol. The van der Waals surface area contributed by atoms with Gasteiger partial charge < -0.3 is 5.11 Å². The van der Waals surface area contributed by atoms with Crippen LogP contribution in [0, 0.1) is 6.92 Å². The van der Waals surface area contributed by atoms with Gasteiger partial charge in [-0.25, -0.2) is 8.42 Å². The van der Waals surface area contributed by atoms with E-state index < -0.39 is 10.0 Å². The molecule has 4 nitrogen and oxygen atoms in total. The molecular formula is C11H10BrNO3S2. The minimum Gasteiger partial charge on any atom is -0.508 e. The number of benzene rings is 1. The lowest BCUT2D eigenvalue weighted by Gasteiger charge is -2.07. The lowest BCUT2D eigenvalue weighted by atomic mass is 10.3. The van der Waals surface area contributed by atoms with Gasteiger partial charge in [-0.15, -0.1) is 11.3 Å². The van der Waals surface area contributed by atoms with Gasteiger partial charge in [0.05, 0.1) is 9.47 Å². The van der Waals surface area contributed by atoms with Gasteiger partial charge in [0.15, 0.2) is 0 Å². The molecule has 0 saturated carbocycles. The molecule has 0 bridgehead atoms. The fourth-order valence-corrected chi connectivity index (χ4v) is 4.94. The first kappa shape index (κ1) is 13.4. The summed E-state index contributed by atoms with van der Waals surface area (Å²) in [6, 6.07) is 7.54. The normalized spacial score (nSPS) is 11.4. The van der Waals surface area contributed by atoms with E-state index in [4.69, 9.17) is 0 Å². The molecule has 0 aliphatic heterocycles. The van der Waals surface area contributed by atoms with Crippen molar-refractivity contribution in [3.05, 3.63) is 39.0 Å². The van der Waals surface area contributed by atoms with E-state index >= 15 is 0 Å². The van der Waals surface area contributed by atoms with Crippen LogP contribution in [0.4, 0.5) is 5.69 Å². The highest BCUT2D eigenvalue weighted by Gasteiger charge is 2.19. The molecule has 0 aliphatic rings. The number of aromatic hydroxyl groups is 1. The maximum Gasteiger partial charge on any atom is 0.263 e. The van der Waals surface area contributed by atoms with Gasteiger partial charge in [0.1, 0.15) is 10.6 Å². The third-order valence-electron chi connectivity index (χ3n) is 2.23. The number of hydrogen-bond acceptors (Lipinski definition) is 4. The van der Waals surface area contributed by atoms with Crippen LogP contribution in [0.3, 0.4) is 0 Å². The van der Waals surface area contributed by atoms with Gasteiger partial charge in [0, 0.05) is 10.9 Å². The zero-order chi connectivity index (χ0) is 13.3. The maximum atomic E-state index is 12.1. The van der Waals surface area contributed by atoms with Crippen molar-refractivity contribution in [3.8, 4) is 5.75 Å². The second-order valence-corrected chi connectivity index (χ2v) is 7.91. The predicted molar refractivity (Wildman–Crippen MR) is 75.7 cm³/mol. The maximum absolute atomic E-state index is 12.1. The molecule has 0 radical (unpaired) electrons. The summed E-state index contributed by atoms with van der Waals surface area (Å²) in [6.07, 6.45) is 0. The van der Waals surface area contributed by atoms with Gasteiger partial charge in [0.25, 0.3) is 10.0 Å². The first-order valence-corrected chi connectivity index (χ1v) is 8.05. The van der Waals surface area contributed by atoms with E-state index in [1.165, 1.54) is 23.5 Å². The second-order valence-electron chi connectivity index (χ2n) is 3.63. The summed E-state index contributed by atoms with van der Waals surface area (Å²) in [5.41, 5.74) is 0.330. The van der Waals surface area contributed by atoms with Crippen molar-refractivity contribution in [3.63, 3.8) is 0 Å². The number of halogens is 1. The number of hydrogen-bond donors (Lipinski definition) is 2. The van der Waals surface area contributed by atoms with E-state index in [1.54, 1.807) is 25.1 Å². The molecule has 1 heterocycles. The average molecular weight is 348 g/mol. The molecule has 0 unspecified atom stereocenters. The molecule has 0 saturated heterocycles. The van der Waals surface area contributed by atoms with Gasteiger partial charge in [-0.1, -0.05) is 6.07 Å². The lowest BCUT2D eigenvalue weighted by Crippen LogP contribution is -2.12. The summed E-state index contributed by atoms with van der Waals surface area (Å²) in [7, 11) is -3.62. The zero-order valence-electron chi connectivity index (χ0n) is 9.34. The molecule has 18 heavy (non-hydrogen) atoms. The Morgan fingerprint density at radius 3 is 2.61 bits per heavy atom. The first-order chi connectivity index (χ1) is 8.38. The fourth-order valence-electron chi connectivity index (χ4n) is 1.48. The summed E-state index contributed by atoms with van der Waals surface area (Å²) >= 11 is 4.62. The van der Waals surface area contributed by atoms with Gasteiger partial charge in [-0.05, 0) is 41.1 Å². The van der Waals surface area contributed by atoms with Crippen LogP contribution in [0.2, 0.25) is 0 Å². The summed E-state index contributed by atoms with van der Waals surface area (Å²) in [4.78, 5) is 0.942. The van der Waals surface area contributed by atoms with Crippen molar-refractivity contribution < 1.29 is 13.5 Å². The minimum absolute atomic E-state index is 0.0124. The summed E-state index contributed by atoms with van der Waals surface area (Å²) < 4.78 is 27.5. The molecule has 2 rings (SSSR count). The topological polar surface area (TPSA) is 66.4 Å². The Labute approximate surface area is 117 Å². The summed E-state index contributed by atoms with van der Waals surface area (Å²) in [6.45, 7) is 1.74. The number of sulfonamides is 1. The molecule has 0 amide bonds. The average Bonchev–Trinajstić information content (AvgIpc) is 2.58. The summed E-state index contributed by atoms with van der Waals surface area (Å²) in [5.74, 6) is 0.0124. The minimum atomic E-state index is -3.62. The van der Waals surface area contributed by atoms with E-state index in [1.807, 2.05) is 0 Å². The highest BCUT2D eigenvalue weighted by molar-refractivity contribution is 9.11. The molecule has 0 aliphatic carbocycles. The predicted octanol–water partition coefficient (Wildman–Crippen LogP) is 3.33. The van der Waals surface area contributed by atoms with Crippen LogP contribution in [0.1, 0.15) is 4.88 Å². The number of nitrogens with one attached hydrogen (secondary N) is 1. The van der Waals surface area contributed by atoms with Gasteiger partial charge in [-0.3, -0.25) is 4.72 Å². The smallest absolute Gasteiger partial charge is 0.263 e. The zero-order valence-corrected chi connectivity index (χ0v) is 12.6. The standard InChI is InChI=1S/C11H10BrNO3S2/c1-7-10(6-11(12)17-7)18(15,16)13-8-3-2-4-9(14)5-8/h2-6,13-14H,1H3. The fraction of sp³-hybridized carbons (Fsp3) is 0.0909. The van der Waals surface area contributed by atoms with Crippen molar-refractivity contribution in [1.82, 2.24) is 0 Å². The van der Waals surface area contributed by atoms with Crippen molar-refractivity contribution in [2.75, 3.05) is 4.72 Å². The largest absolute Gasteiger partial charge is 0.508 e. The highest BCUT2D eigenvalue weighted by atomic mass is 79.9. The van der Waals surface area contributed by atoms with E-state index in [0.29, 0.717) is 10.6 Å². The Morgan fingerprint density at radius 1 is 1.33 bits per heavy atom. The Balaban J connectivity index is 2.36. The van der Waals surface area contributed by atoms with Crippen LogP contribution in [-0.2, 0) is 10.0 Å². The second kappa shape index (κ2) is 4.91. The van der Waals surface area contributed by atoms with Crippen LogP contribution < -0.4 is 4.72 Å². The molecule has 96 valence electrons. The van der Waals surface area contributed by atoms with E-state index in [9.17, 15) is 13.5 Å². The number of anilines is 1. The quantitative estimate of drug-likeness (QED) is 0.894. The van der Waals surface area contributed by atoms with Gasteiger partial charge in [-0.2, -0.15) is 0 Å². The molecule has 2 aromatic rings. The van der Waals surface area contributed by atoms with Gasteiger partial charge >= 0.3 is 0 Å². The molecule has 2 N–H and O–H groups in total.